The molecule has 0 spiro atoms. The molecule has 1 heterocycles. The zero-order chi connectivity index (χ0) is 9.30. The number of aliphatic hydroxyl groups excluding tert-OH is 1. The number of nitrogens with zero attached hydrogens (tertiary/aromatic N) is 1. The second kappa shape index (κ2) is 4.28. The van der Waals surface area contributed by atoms with Crippen LogP contribution in [0.3, 0.4) is 0 Å². The number of halogens is 2. The van der Waals surface area contributed by atoms with Crippen LogP contribution < -0.4 is 0 Å². The lowest BCUT2D eigenvalue weighted by Crippen LogP contribution is -2.33. The number of aliphatic hydroxyl groups is 1. The highest BCUT2D eigenvalue weighted by molar-refractivity contribution is 9.13. The summed E-state index contributed by atoms with van der Waals surface area (Å²) in [6.45, 7) is -0.0490. The minimum absolute atomic E-state index is 0.121. The van der Waals surface area contributed by atoms with E-state index in [1.165, 1.54) is 0 Å². The number of β-amino-alcohol motifs (C(OH)–C–C–N with tert-alkyl or cyclic N) is 1. The van der Waals surface area contributed by atoms with Gasteiger partial charge in [-0.25, -0.2) is 0 Å². The fourth-order valence-electron chi connectivity index (χ4n) is 0.853. The molecule has 1 fully saturated rings. The number of alkyl halides is 2. The van der Waals surface area contributed by atoms with Gasteiger partial charge in [-0.1, -0.05) is 15.9 Å². The number of amides is 1. The first-order chi connectivity index (χ1) is 5.59. The minimum Gasteiger partial charge on any atom is -0.592 e. The molecule has 0 saturated carbocycles. The summed E-state index contributed by atoms with van der Waals surface area (Å²) in [7, 11) is 0. The summed E-state index contributed by atoms with van der Waals surface area (Å²) in [4.78, 5) is 10.8. The van der Waals surface area contributed by atoms with Crippen molar-refractivity contribution < 1.29 is 14.5 Å². The highest BCUT2D eigenvalue weighted by Crippen LogP contribution is 2.32. The van der Waals surface area contributed by atoms with E-state index >= 15 is 0 Å². The number of carbonyl (C=O) groups is 1. The zero-order valence-corrected chi connectivity index (χ0v) is 9.93. The van der Waals surface area contributed by atoms with E-state index in [1.807, 2.05) is 0 Å². The lowest BCUT2D eigenvalue weighted by molar-refractivity contribution is -0.124. The third-order valence-corrected chi connectivity index (χ3v) is 6.35. The maximum atomic E-state index is 11.3. The zero-order valence-electron chi connectivity index (χ0n) is 5.94. The van der Waals surface area contributed by atoms with Gasteiger partial charge in [-0.3, -0.25) is 4.79 Å². The fourth-order valence-corrected chi connectivity index (χ4v) is 3.74. The van der Waals surface area contributed by atoms with Crippen LogP contribution in [0.25, 0.3) is 0 Å². The Morgan fingerprint density at radius 3 is 2.58 bits per heavy atom. The highest BCUT2D eigenvalue weighted by atomic mass is 79.9. The van der Waals surface area contributed by atoms with E-state index < -0.39 is 20.3 Å². The van der Waals surface area contributed by atoms with Crippen molar-refractivity contribution in [3.63, 3.8) is 0 Å². The summed E-state index contributed by atoms with van der Waals surface area (Å²) in [5.41, 5.74) is 0. The van der Waals surface area contributed by atoms with E-state index in [4.69, 9.17) is 5.11 Å². The molecule has 0 radical (unpaired) electrons. The minimum atomic E-state index is -1.37. The first-order valence-electron chi connectivity index (χ1n) is 3.20. The van der Waals surface area contributed by atoms with Crippen LogP contribution in [0.1, 0.15) is 0 Å². The van der Waals surface area contributed by atoms with E-state index in [9.17, 15) is 9.35 Å². The first-order valence-corrected chi connectivity index (χ1v) is 6.20. The molecule has 3 atom stereocenters. The number of hydrogen-bond donors (Lipinski definition) is 1. The molecule has 70 valence electrons. The molecule has 1 rings (SSSR count). The van der Waals surface area contributed by atoms with Crippen LogP contribution in [0.4, 0.5) is 0 Å². The first kappa shape index (κ1) is 10.8. The van der Waals surface area contributed by atoms with Gasteiger partial charge in [0, 0.05) is 0 Å². The van der Waals surface area contributed by atoms with Gasteiger partial charge in [0.05, 0.1) is 24.5 Å². The molecule has 0 aromatic carbocycles. The number of carbonyl (C=O) groups excluding carboxylic acids is 1. The Bertz CT molecular complexity index is 194. The predicted octanol–water partition coefficient (Wildman–Crippen LogP) is -0.0309. The molecule has 1 amide bonds. The molecule has 1 N–H and O–H groups in total. The lowest BCUT2D eigenvalue weighted by atomic mass is 10.4. The van der Waals surface area contributed by atoms with Crippen LogP contribution in [-0.2, 0) is 16.2 Å². The molecule has 1 aliphatic rings. The third-order valence-electron chi connectivity index (χ3n) is 1.42. The highest BCUT2D eigenvalue weighted by Gasteiger charge is 2.49. The van der Waals surface area contributed by atoms with Crippen molar-refractivity contribution in [2.75, 3.05) is 13.2 Å². The van der Waals surface area contributed by atoms with Gasteiger partial charge in [-0.15, -0.1) is 0 Å². The molecule has 0 aromatic heterocycles. The molecule has 1 saturated heterocycles. The van der Waals surface area contributed by atoms with Gasteiger partial charge in [0.1, 0.15) is 0 Å². The van der Waals surface area contributed by atoms with Gasteiger partial charge in [0.25, 0.3) is 5.91 Å². The second-order valence-electron chi connectivity index (χ2n) is 2.19. The number of rotatable bonds is 2. The summed E-state index contributed by atoms with van der Waals surface area (Å²) >= 11 is 4.86. The summed E-state index contributed by atoms with van der Waals surface area (Å²) in [5, 5.41) is 8.58. The van der Waals surface area contributed by atoms with Crippen LogP contribution in [-0.4, -0.2) is 42.0 Å². The normalized spacial score (nSPS) is 36.2. The van der Waals surface area contributed by atoms with Gasteiger partial charge in [-0.2, -0.15) is 4.31 Å². The quantitative estimate of drug-likeness (QED) is 0.574. The summed E-state index contributed by atoms with van der Waals surface area (Å²) in [6, 6.07) is 0. The van der Waals surface area contributed by atoms with Crippen molar-refractivity contribution in [3.05, 3.63) is 0 Å². The standard InChI is InChI=1S/C5H7Br2NO3S/c6-3-4(7)12(11)8(1-2-9)5(3)10/h3-4,9H,1-2H2. The van der Waals surface area contributed by atoms with E-state index in [0.717, 1.165) is 4.31 Å². The maximum Gasteiger partial charge on any atom is 0.283 e. The molecular formula is C5H7Br2NO3S. The molecule has 1 aliphatic heterocycles. The molecule has 0 aliphatic carbocycles. The molecule has 12 heavy (non-hydrogen) atoms. The van der Waals surface area contributed by atoms with Gasteiger partial charge in [0.15, 0.2) is 4.83 Å². The third kappa shape index (κ3) is 1.79. The molecule has 7 heteroatoms. The van der Waals surface area contributed by atoms with Gasteiger partial charge in [-0.05, 0) is 15.9 Å². The van der Waals surface area contributed by atoms with E-state index in [1.54, 1.807) is 0 Å². The fraction of sp³-hybridized carbons (Fsp3) is 0.800. The Morgan fingerprint density at radius 2 is 2.25 bits per heavy atom. The van der Waals surface area contributed by atoms with Crippen LogP contribution in [0.5, 0.6) is 0 Å². The molecular weight excluding hydrogens is 314 g/mol. The van der Waals surface area contributed by atoms with E-state index in [-0.39, 0.29) is 19.1 Å². The van der Waals surface area contributed by atoms with Gasteiger partial charge >= 0.3 is 0 Å². The van der Waals surface area contributed by atoms with Gasteiger partial charge in [0.2, 0.25) is 4.16 Å². The largest absolute Gasteiger partial charge is 0.592 e. The number of hydrogen-bond acceptors (Lipinski definition) is 3. The molecule has 0 aromatic rings. The summed E-state index contributed by atoms with van der Waals surface area (Å²) < 4.78 is 12.1. The summed E-state index contributed by atoms with van der Waals surface area (Å²) in [5.74, 6) is -0.246. The van der Waals surface area contributed by atoms with Crippen molar-refractivity contribution >= 4 is 49.1 Å². The Hall–Kier alpha value is 0.700. The van der Waals surface area contributed by atoms with Crippen molar-refractivity contribution in [2.24, 2.45) is 0 Å². The van der Waals surface area contributed by atoms with Gasteiger partial charge < -0.3 is 9.66 Å². The molecule has 0 bridgehead atoms. The Kier molecular flexibility index (Phi) is 3.84. The van der Waals surface area contributed by atoms with E-state index in [0.29, 0.717) is 0 Å². The SMILES string of the molecule is O=C1C(Br)C(Br)[S+]([O-])N1CCO. The van der Waals surface area contributed by atoms with Crippen molar-refractivity contribution in [1.82, 2.24) is 4.31 Å². The van der Waals surface area contributed by atoms with Crippen LogP contribution in [0.2, 0.25) is 0 Å². The Morgan fingerprint density at radius 1 is 1.67 bits per heavy atom. The topological polar surface area (TPSA) is 63.6 Å². The molecule has 3 unspecified atom stereocenters. The van der Waals surface area contributed by atoms with Crippen LogP contribution in [0, 0.1) is 0 Å². The second-order valence-corrected chi connectivity index (χ2v) is 6.27. The monoisotopic (exact) mass is 319 g/mol. The molecule has 4 nitrogen and oxygen atoms in total. The Labute approximate surface area is 89.9 Å². The van der Waals surface area contributed by atoms with Crippen molar-refractivity contribution in [2.45, 2.75) is 8.99 Å². The van der Waals surface area contributed by atoms with Crippen LogP contribution >= 0.6 is 31.9 Å². The van der Waals surface area contributed by atoms with Crippen molar-refractivity contribution in [3.8, 4) is 0 Å². The van der Waals surface area contributed by atoms with E-state index in [2.05, 4.69) is 31.9 Å². The average molecular weight is 321 g/mol. The maximum absolute atomic E-state index is 11.3. The Balaban J connectivity index is 2.69. The summed E-state index contributed by atoms with van der Waals surface area (Å²) in [6.07, 6.45) is 0. The van der Waals surface area contributed by atoms with Crippen molar-refractivity contribution in [1.29, 1.82) is 0 Å². The van der Waals surface area contributed by atoms with Crippen LogP contribution in [0.15, 0.2) is 0 Å². The predicted molar refractivity (Wildman–Crippen MR) is 52.4 cm³/mol. The average Bonchev–Trinajstić information content (AvgIpc) is 2.23. The smallest absolute Gasteiger partial charge is 0.283 e. The lowest BCUT2D eigenvalue weighted by Gasteiger charge is -2.15.